The molecule has 1 unspecified atom stereocenters. The molecular weight excluding hydrogens is 822 g/mol. The fourth-order valence-electron chi connectivity index (χ4n) is 2.80. The van der Waals surface area contributed by atoms with Crippen LogP contribution in [-0.2, 0) is 4.57 Å². The van der Waals surface area contributed by atoms with E-state index in [1.807, 2.05) is 0 Å². The fraction of sp³-hybridized carbons (Fsp3) is 1.00. The molecule has 0 aromatic rings. The molecule has 0 aliphatic carbocycles. The van der Waals surface area contributed by atoms with E-state index in [2.05, 4.69) is 0 Å². The summed E-state index contributed by atoms with van der Waals surface area (Å²) in [6.45, 7) is -1.01. The maximum absolute atomic E-state index is 13.8. The van der Waals surface area contributed by atoms with Crippen LogP contribution in [0.15, 0.2) is 0 Å². The molecule has 0 amide bonds. The van der Waals surface area contributed by atoms with Gasteiger partial charge in [0.25, 0.3) is 0 Å². The summed E-state index contributed by atoms with van der Waals surface area (Å²) in [5.74, 6) is -123. The van der Waals surface area contributed by atoms with Gasteiger partial charge in [0, 0.05) is 0 Å². The molecule has 0 saturated carbocycles. The molecule has 0 radical (unpaired) electrons. The quantitative estimate of drug-likeness (QED) is 0.128. The monoisotopic (exact) mass is 828 g/mol. The van der Waals surface area contributed by atoms with Crippen molar-refractivity contribution in [3.8, 4) is 0 Å². The van der Waals surface area contributed by atoms with Crippen molar-refractivity contribution in [3.63, 3.8) is 0 Å². The smallest absolute Gasteiger partial charge is 0.320 e. The molecule has 0 heterocycles. The first-order chi connectivity index (χ1) is 20.4. The molecule has 33 heteroatoms. The highest BCUT2D eigenvalue weighted by Crippen LogP contribution is 2.71. The predicted octanol–water partition coefficient (Wildman–Crippen LogP) is 9.37. The summed E-state index contributed by atoms with van der Waals surface area (Å²) >= 11 is 0. The highest BCUT2D eigenvalue weighted by atomic mass is 31.2. The molecule has 0 saturated heterocycles. The topological polar surface area (TPSA) is 57.5 Å². The van der Waals surface area contributed by atoms with Gasteiger partial charge in [0.1, 0.15) is 0 Å². The molecule has 0 aliphatic heterocycles. The minimum atomic E-state index is -10.0. The Hall–Kier alpha value is -1.88. The first-order valence-electron chi connectivity index (χ1n) is 10.4. The van der Waals surface area contributed by atoms with Crippen LogP contribution in [0.25, 0.3) is 0 Å². The van der Waals surface area contributed by atoms with Crippen LogP contribution in [0.4, 0.5) is 127 Å². The summed E-state index contributed by atoms with van der Waals surface area (Å²) in [6, 6.07) is 0. The van der Waals surface area contributed by atoms with Gasteiger partial charge in [-0.15, -0.1) is 0 Å². The lowest BCUT2D eigenvalue weighted by Gasteiger charge is -2.46. The van der Waals surface area contributed by atoms with Crippen molar-refractivity contribution in [3.05, 3.63) is 0 Å². The Labute approximate surface area is 246 Å². The second-order valence-electron chi connectivity index (χ2n) is 9.22. The second-order valence-corrected chi connectivity index (χ2v) is 10.9. The van der Waals surface area contributed by atoms with E-state index in [9.17, 15) is 132 Å². The van der Waals surface area contributed by atoms with Gasteiger partial charge in [0.15, 0.2) is 6.17 Å². The zero-order chi connectivity index (χ0) is 41.1. The standard InChI is InChI=1S/C16H6F29O3P/c1-2(17)3(18,19)4(20,21)5(22,23)6(24,25)7(26,27)8(28,29)9(30,31)10(32,33)11(34,35)12(36,37)13(38,39)14(40,41)15(42,43)16(44,45)49(46,47)48/h2H,1H3,(H2,46,47,48). The van der Waals surface area contributed by atoms with Crippen LogP contribution < -0.4 is 0 Å². The van der Waals surface area contributed by atoms with Crippen molar-refractivity contribution in [1.29, 1.82) is 0 Å². The van der Waals surface area contributed by atoms with Crippen LogP contribution >= 0.6 is 7.60 Å². The van der Waals surface area contributed by atoms with E-state index < -0.39 is 103 Å². The number of hydrogen-bond acceptors (Lipinski definition) is 1. The van der Waals surface area contributed by atoms with Crippen molar-refractivity contribution in [1.82, 2.24) is 0 Å². The Bertz CT molecular complexity index is 1280. The van der Waals surface area contributed by atoms with Crippen molar-refractivity contribution in [2.45, 2.75) is 95.8 Å². The summed E-state index contributed by atoms with van der Waals surface area (Å²) in [7, 11) is -8.44. The Morgan fingerprint density at radius 1 is 0.347 bits per heavy atom. The minimum Gasteiger partial charge on any atom is -0.320 e. The molecule has 0 spiro atoms. The van der Waals surface area contributed by atoms with Crippen molar-refractivity contribution in [2.75, 3.05) is 0 Å². The van der Waals surface area contributed by atoms with Gasteiger partial charge in [-0.2, -0.15) is 123 Å². The van der Waals surface area contributed by atoms with E-state index in [0.29, 0.717) is 0 Å². The normalized spacial score (nSPS) is 17.8. The third-order valence-corrected chi connectivity index (χ3v) is 7.01. The number of hydrogen-bond donors (Lipinski definition) is 2. The van der Waals surface area contributed by atoms with Gasteiger partial charge in [-0.1, -0.05) is 0 Å². The molecule has 3 nitrogen and oxygen atoms in total. The fourth-order valence-corrected chi connectivity index (χ4v) is 3.31. The highest BCUT2D eigenvalue weighted by Gasteiger charge is 3.01. The molecule has 0 bridgehead atoms. The summed E-state index contributed by atoms with van der Waals surface area (Å²) in [4.78, 5) is 15.8. The maximum atomic E-state index is 13.8. The lowest BCUT2D eigenvalue weighted by Crippen LogP contribution is -2.79. The van der Waals surface area contributed by atoms with Gasteiger partial charge in [0.05, 0.1) is 0 Å². The molecule has 2 N–H and O–H groups in total. The summed E-state index contributed by atoms with van der Waals surface area (Å²) in [6.07, 6.45) is -4.96. The van der Waals surface area contributed by atoms with E-state index in [0.717, 1.165) is 0 Å². The van der Waals surface area contributed by atoms with Gasteiger partial charge in [-0.25, -0.2) is 4.39 Å². The van der Waals surface area contributed by atoms with E-state index in [1.165, 1.54) is 0 Å². The Kier molecular flexibility index (Phi) is 10.9. The van der Waals surface area contributed by atoms with E-state index in [1.54, 1.807) is 0 Å². The van der Waals surface area contributed by atoms with Gasteiger partial charge in [-0.3, -0.25) is 4.57 Å². The molecule has 0 aromatic carbocycles. The predicted molar refractivity (Wildman–Crippen MR) is 91.9 cm³/mol. The van der Waals surface area contributed by atoms with E-state index in [4.69, 9.17) is 9.79 Å². The Balaban J connectivity index is 7.68. The third kappa shape index (κ3) is 5.30. The third-order valence-electron chi connectivity index (χ3n) is 6.00. The number of halogens is 29. The van der Waals surface area contributed by atoms with Gasteiger partial charge in [-0.05, 0) is 6.92 Å². The molecule has 0 aromatic heterocycles. The van der Waals surface area contributed by atoms with Crippen LogP contribution in [0.1, 0.15) is 6.92 Å². The summed E-state index contributed by atoms with van der Waals surface area (Å²) < 4.78 is 402. The number of rotatable bonds is 15. The highest BCUT2D eigenvalue weighted by molar-refractivity contribution is 7.53. The van der Waals surface area contributed by atoms with E-state index in [-0.39, 0.29) is 0 Å². The summed E-state index contributed by atoms with van der Waals surface area (Å²) in [5, 5.41) is 0. The minimum absolute atomic E-state index is 1.01. The van der Waals surface area contributed by atoms with Crippen molar-refractivity contribution >= 4 is 7.60 Å². The molecule has 0 aliphatic rings. The zero-order valence-corrected chi connectivity index (χ0v) is 22.2. The first-order valence-corrected chi connectivity index (χ1v) is 12.0. The van der Waals surface area contributed by atoms with Gasteiger partial charge < -0.3 is 9.79 Å². The average molecular weight is 828 g/mol. The lowest BCUT2D eigenvalue weighted by molar-refractivity contribution is -0.484. The molecule has 0 fully saturated rings. The zero-order valence-electron chi connectivity index (χ0n) is 21.3. The maximum Gasteiger partial charge on any atom is 0.413 e. The average Bonchev–Trinajstić information content (AvgIpc) is 2.86. The molecular formula is C16H6F29O3P. The van der Waals surface area contributed by atoms with E-state index >= 15 is 0 Å². The Morgan fingerprint density at radius 2 is 0.490 bits per heavy atom. The molecule has 296 valence electrons. The first kappa shape index (κ1) is 47.1. The van der Waals surface area contributed by atoms with Gasteiger partial charge in [0.2, 0.25) is 0 Å². The van der Waals surface area contributed by atoms with Crippen molar-refractivity contribution < 1.29 is 142 Å². The SMILES string of the molecule is CC(F)C(F)(F)C(F)(F)C(F)(F)C(F)(F)C(F)(F)C(F)(F)C(F)(F)C(F)(F)C(F)(F)C(F)(F)C(F)(F)C(F)(F)C(F)(F)C(F)(F)P(=O)(O)O. The lowest BCUT2D eigenvalue weighted by atomic mass is 9.83. The molecule has 1 atom stereocenters. The molecule has 0 rings (SSSR count). The van der Waals surface area contributed by atoms with Crippen LogP contribution in [0.3, 0.4) is 0 Å². The van der Waals surface area contributed by atoms with Crippen LogP contribution in [-0.4, -0.2) is 98.6 Å². The molecule has 49 heavy (non-hydrogen) atoms. The second kappa shape index (κ2) is 11.3. The number of alkyl halides is 29. The van der Waals surface area contributed by atoms with Crippen LogP contribution in [0, 0.1) is 0 Å². The van der Waals surface area contributed by atoms with Gasteiger partial charge >= 0.3 is 90.3 Å². The van der Waals surface area contributed by atoms with Crippen LogP contribution in [0.2, 0.25) is 0 Å². The summed E-state index contributed by atoms with van der Waals surface area (Å²) in [5.41, 5.74) is -8.20. The van der Waals surface area contributed by atoms with Crippen molar-refractivity contribution in [2.24, 2.45) is 0 Å². The largest absolute Gasteiger partial charge is 0.413 e. The Morgan fingerprint density at radius 3 is 0.633 bits per heavy atom. The van der Waals surface area contributed by atoms with Crippen LogP contribution in [0.5, 0.6) is 0 Å².